The number of carbonyl (C=O) groups is 4. The second kappa shape index (κ2) is 14.1. The van der Waals surface area contributed by atoms with Crippen molar-refractivity contribution in [2.75, 3.05) is 19.4 Å². The van der Waals surface area contributed by atoms with Gasteiger partial charge in [0.2, 0.25) is 0 Å². The van der Waals surface area contributed by atoms with Crippen molar-refractivity contribution in [2.45, 2.75) is 36.4 Å². The summed E-state index contributed by atoms with van der Waals surface area (Å²) >= 11 is 13.6. The van der Waals surface area contributed by atoms with Crippen LogP contribution in [0.2, 0.25) is 10.0 Å². The highest BCUT2D eigenvalue weighted by molar-refractivity contribution is 7.90. The topological polar surface area (TPSA) is 143 Å². The molecule has 0 saturated carbocycles. The van der Waals surface area contributed by atoms with Gasteiger partial charge in [-0.05, 0) is 65.1 Å². The molecule has 1 aromatic heterocycles. The number of fused-ring (bicyclic) bond motifs is 2. The Hall–Kier alpha value is -5.17. The maximum absolute atomic E-state index is 14.3. The molecule has 0 spiro atoms. The van der Waals surface area contributed by atoms with Gasteiger partial charge in [-0.1, -0.05) is 71.7 Å². The van der Waals surface area contributed by atoms with Gasteiger partial charge in [-0.15, -0.1) is 0 Å². The number of nitrogens with zero attached hydrogens (tertiary/aromatic N) is 2. The minimum Gasteiger partial charge on any atom is -0.464 e. The Balaban J connectivity index is 1.17. The van der Waals surface area contributed by atoms with Crippen molar-refractivity contribution >= 4 is 67.8 Å². The summed E-state index contributed by atoms with van der Waals surface area (Å²) in [5.41, 5.74) is 3.37. The quantitative estimate of drug-likeness (QED) is 0.192. The fourth-order valence-corrected chi connectivity index (χ4v) is 8.08. The lowest BCUT2D eigenvalue weighted by Crippen LogP contribution is -2.50. The molecule has 2 aliphatic heterocycles. The maximum Gasteiger partial charge on any atom is 0.417 e. The Morgan fingerprint density at radius 1 is 0.981 bits per heavy atom. The number of cyclic esters (lactones) is 1. The van der Waals surface area contributed by atoms with E-state index in [9.17, 15) is 27.6 Å². The number of halogens is 2. The third-order valence-electron chi connectivity index (χ3n) is 9.29. The standard InChI is InChI=1S/C38H31Cl2N3O8S/c1-52(48,49)27-9-5-6-22(16-27)17-30(37(46)43-31(21-51-38(43)47)23-7-3-2-4-8-23)41-35(44)33-29(39)18-26-20-42(14-12-28(26)34(33)40)36(45)25-11-10-24-13-15-50-32(24)19-25/h2-11,13,15-16,18-19,30-31H,12,14,17,20-21H2,1H3,(H,41,44)/t30-,31?/m0/s1. The fraction of sp³-hybridized carbons (Fsp3) is 0.211. The van der Waals surface area contributed by atoms with E-state index < -0.39 is 39.8 Å². The van der Waals surface area contributed by atoms with Crippen LogP contribution in [0.5, 0.6) is 0 Å². The minimum atomic E-state index is -3.59. The van der Waals surface area contributed by atoms with Crippen molar-refractivity contribution in [1.82, 2.24) is 15.1 Å². The van der Waals surface area contributed by atoms with E-state index in [4.69, 9.17) is 32.4 Å². The number of amides is 4. The number of sulfone groups is 1. The molecule has 2 atom stereocenters. The van der Waals surface area contributed by atoms with E-state index in [1.54, 1.807) is 65.8 Å². The predicted molar refractivity (Wildman–Crippen MR) is 193 cm³/mol. The summed E-state index contributed by atoms with van der Waals surface area (Å²) in [6.45, 7) is 0.430. The first-order chi connectivity index (χ1) is 24.9. The number of rotatable bonds is 8. The summed E-state index contributed by atoms with van der Waals surface area (Å²) < 4.78 is 35.4. The van der Waals surface area contributed by atoms with Crippen LogP contribution in [0.25, 0.3) is 11.0 Å². The molecule has 14 heteroatoms. The van der Waals surface area contributed by atoms with Crippen molar-refractivity contribution in [2.24, 2.45) is 0 Å². The molecule has 4 amide bonds. The highest BCUT2D eigenvalue weighted by Crippen LogP contribution is 2.36. The van der Waals surface area contributed by atoms with E-state index in [1.165, 1.54) is 18.2 Å². The van der Waals surface area contributed by atoms with E-state index in [-0.39, 0.29) is 46.0 Å². The van der Waals surface area contributed by atoms with E-state index in [0.717, 1.165) is 16.5 Å². The number of furan rings is 1. The monoisotopic (exact) mass is 759 g/mol. The van der Waals surface area contributed by atoms with Crippen molar-refractivity contribution in [3.63, 3.8) is 0 Å². The molecule has 0 radical (unpaired) electrons. The largest absolute Gasteiger partial charge is 0.464 e. The summed E-state index contributed by atoms with van der Waals surface area (Å²) in [4.78, 5) is 57.4. The number of benzene rings is 4. The summed E-state index contributed by atoms with van der Waals surface area (Å²) in [7, 11) is -3.59. The zero-order valence-corrected chi connectivity index (χ0v) is 30.0. The maximum atomic E-state index is 14.3. The lowest BCUT2D eigenvalue weighted by molar-refractivity contribution is -0.131. The molecule has 0 aliphatic carbocycles. The van der Waals surface area contributed by atoms with Crippen molar-refractivity contribution in [3.05, 3.63) is 135 Å². The molecule has 266 valence electrons. The molecule has 1 fully saturated rings. The van der Waals surface area contributed by atoms with Gasteiger partial charge in [-0.3, -0.25) is 14.4 Å². The molecular weight excluding hydrogens is 729 g/mol. The highest BCUT2D eigenvalue weighted by atomic mass is 35.5. The number of hydrogen-bond acceptors (Lipinski definition) is 8. The number of ether oxygens (including phenoxy) is 1. The molecule has 1 unspecified atom stereocenters. The normalized spacial score (nSPS) is 16.4. The van der Waals surface area contributed by atoms with Gasteiger partial charge in [0.25, 0.3) is 17.7 Å². The Labute approximate surface area is 309 Å². The van der Waals surface area contributed by atoms with Gasteiger partial charge in [-0.2, -0.15) is 0 Å². The van der Waals surface area contributed by atoms with E-state index in [1.807, 2.05) is 12.1 Å². The first-order valence-electron chi connectivity index (χ1n) is 16.3. The Morgan fingerprint density at radius 2 is 1.77 bits per heavy atom. The fourth-order valence-electron chi connectivity index (χ4n) is 6.63. The summed E-state index contributed by atoms with van der Waals surface area (Å²) in [6.07, 6.45) is 1.91. The number of carbonyl (C=O) groups excluding carboxylic acids is 4. The van der Waals surface area contributed by atoms with Crippen molar-refractivity contribution in [1.29, 1.82) is 0 Å². The van der Waals surface area contributed by atoms with Gasteiger partial charge in [0.15, 0.2) is 9.84 Å². The van der Waals surface area contributed by atoms with Crippen LogP contribution in [-0.2, 0) is 38.8 Å². The molecule has 3 heterocycles. The summed E-state index contributed by atoms with van der Waals surface area (Å²) in [6, 6.07) is 21.4. The molecule has 1 N–H and O–H groups in total. The van der Waals surface area contributed by atoms with Gasteiger partial charge < -0.3 is 19.4 Å². The number of nitrogens with one attached hydrogen (secondary N) is 1. The van der Waals surface area contributed by atoms with Crippen LogP contribution in [0.15, 0.2) is 101 Å². The van der Waals surface area contributed by atoms with Crippen LogP contribution >= 0.6 is 23.2 Å². The molecule has 0 bridgehead atoms. The van der Waals surface area contributed by atoms with Crippen LogP contribution in [-0.4, -0.2) is 67.5 Å². The van der Waals surface area contributed by atoms with E-state index >= 15 is 0 Å². The Kier molecular flexibility index (Phi) is 9.55. The first-order valence-corrected chi connectivity index (χ1v) is 18.9. The van der Waals surface area contributed by atoms with Crippen LogP contribution < -0.4 is 5.32 Å². The SMILES string of the molecule is CS(=O)(=O)c1cccc(C[C@H](NC(=O)c2c(Cl)cc3c(c2Cl)CCN(C(=O)c2ccc4ccoc4c2)C3)C(=O)N2C(=O)OCC2c2ccccc2)c1. The first kappa shape index (κ1) is 35.2. The van der Waals surface area contributed by atoms with Crippen LogP contribution in [0.1, 0.15) is 49.0 Å². The molecule has 2 aliphatic rings. The molecule has 1 saturated heterocycles. The third kappa shape index (κ3) is 6.89. The second-order valence-electron chi connectivity index (χ2n) is 12.7. The van der Waals surface area contributed by atoms with Crippen LogP contribution in [0.4, 0.5) is 4.79 Å². The predicted octanol–water partition coefficient (Wildman–Crippen LogP) is 6.40. The number of hydrogen-bond donors (Lipinski definition) is 1. The van der Waals surface area contributed by atoms with Gasteiger partial charge >= 0.3 is 6.09 Å². The van der Waals surface area contributed by atoms with E-state index in [0.29, 0.717) is 46.4 Å². The lowest BCUT2D eigenvalue weighted by atomic mass is 9.95. The minimum absolute atomic E-state index is 0.000529. The summed E-state index contributed by atoms with van der Waals surface area (Å²) in [5.74, 6) is -1.74. The molecule has 52 heavy (non-hydrogen) atoms. The third-order valence-corrected chi connectivity index (χ3v) is 11.1. The van der Waals surface area contributed by atoms with Gasteiger partial charge in [0, 0.05) is 36.7 Å². The van der Waals surface area contributed by atoms with Crippen LogP contribution in [0, 0.1) is 0 Å². The molecule has 4 aromatic carbocycles. The van der Waals surface area contributed by atoms with Crippen molar-refractivity contribution < 1.29 is 36.7 Å². The molecular formula is C38H31Cl2N3O8S. The molecule has 5 aromatic rings. The van der Waals surface area contributed by atoms with Gasteiger partial charge in [0.05, 0.1) is 26.8 Å². The molecule has 7 rings (SSSR count). The Bertz CT molecular complexity index is 2360. The zero-order chi connectivity index (χ0) is 36.7. The number of imide groups is 1. The summed E-state index contributed by atoms with van der Waals surface area (Å²) in [5, 5.41) is 3.69. The van der Waals surface area contributed by atoms with Gasteiger partial charge in [-0.25, -0.2) is 18.1 Å². The average molecular weight is 761 g/mol. The lowest BCUT2D eigenvalue weighted by Gasteiger charge is -2.31. The Morgan fingerprint density at radius 3 is 2.54 bits per heavy atom. The smallest absolute Gasteiger partial charge is 0.417 e. The highest BCUT2D eigenvalue weighted by Gasteiger charge is 2.42. The van der Waals surface area contributed by atoms with E-state index in [2.05, 4.69) is 5.32 Å². The van der Waals surface area contributed by atoms with Gasteiger partial charge in [0.1, 0.15) is 24.3 Å². The van der Waals surface area contributed by atoms with Crippen molar-refractivity contribution in [3.8, 4) is 0 Å². The zero-order valence-electron chi connectivity index (χ0n) is 27.7. The van der Waals surface area contributed by atoms with Crippen LogP contribution in [0.3, 0.4) is 0 Å². The second-order valence-corrected chi connectivity index (χ2v) is 15.5. The molecule has 11 nitrogen and oxygen atoms in total. The average Bonchev–Trinajstić information content (AvgIpc) is 3.76.